The number of hydrogen-bond acceptors (Lipinski definition) is 5. The molecule has 4 heterocycles. The number of carbonyl (C=O) groups excluding carboxylic acids is 1. The number of hydrogen-bond donors (Lipinski definition) is 0. The summed E-state index contributed by atoms with van der Waals surface area (Å²) < 4.78 is 3.02. The van der Waals surface area contributed by atoms with Gasteiger partial charge in [0, 0.05) is 35.0 Å². The summed E-state index contributed by atoms with van der Waals surface area (Å²) in [7, 11) is 0. The molecule has 6 nitrogen and oxygen atoms in total. The van der Waals surface area contributed by atoms with Crippen LogP contribution in [0.5, 0.6) is 0 Å². The molecule has 0 aliphatic carbocycles. The Labute approximate surface area is 160 Å². The van der Waals surface area contributed by atoms with Gasteiger partial charge in [-0.25, -0.2) is 9.50 Å². The maximum absolute atomic E-state index is 13.1. The molecule has 1 unspecified atom stereocenters. The molecule has 0 saturated carbocycles. The van der Waals surface area contributed by atoms with E-state index in [1.807, 2.05) is 34.5 Å². The summed E-state index contributed by atoms with van der Waals surface area (Å²) >= 11 is 1.70. The lowest BCUT2D eigenvalue weighted by Crippen LogP contribution is -2.39. The third-order valence-corrected chi connectivity index (χ3v) is 6.13. The smallest absolute Gasteiger partial charge is 0.253 e. The quantitative estimate of drug-likeness (QED) is 0.535. The predicted molar refractivity (Wildman–Crippen MR) is 105 cm³/mol. The van der Waals surface area contributed by atoms with Crippen molar-refractivity contribution >= 4 is 33.1 Å². The molecule has 1 atom stereocenters. The first-order valence-corrected chi connectivity index (χ1v) is 10.0. The number of carbonyl (C=O) groups is 1. The van der Waals surface area contributed by atoms with Crippen molar-refractivity contribution < 1.29 is 4.79 Å². The zero-order valence-electron chi connectivity index (χ0n) is 15.0. The molecule has 4 aromatic rings. The normalized spacial score (nSPS) is 17.7. The SMILES string of the molecule is Cc1cc(C2CCCN(C(=O)c3ccc4sccc4c3)C2)n2ncnc2n1. The van der Waals surface area contributed by atoms with Gasteiger partial charge in [-0.05, 0) is 60.9 Å². The summed E-state index contributed by atoms with van der Waals surface area (Å²) in [5, 5.41) is 7.53. The fourth-order valence-electron chi connectivity index (χ4n) is 3.94. The number of amides is 1. The first-order chi connectivity index (χ1) is 13.2. The Hall–Kier alpha value is -2.80. The summed E-state index contributed by atoms with van der Waals surface area (Å²) in [5.74, 6) is 0.961. The topological polar surface area (TPSA) is 63.4 Å². The highest BCUT2D eigenvalue weighted by molar-refractivity contribution is 7.17. The lowest BCUT2D eigenvalue weighted by Gasteiger charge is -2.33. The lowest BCUT2D eigenvalue weighted by molar-refractivity contribution is 0.0705. The van der Waals surface area contributed by atoms with Gasteiger partial charge in [0.15, 0.2) is 0 Å². The van der Waals surface area contributed by atoms with E-state index < -0.39 is 0 Å². The average Bonchev–Trinajstić information content (AvgIpc) is 3.35. The van der Waals surface area contributed by atoms with E-state index >= 15 is 0 Å². The van der Waals surface area contributed by atoms with Crippen LogP contribution in [0.25, 0.3) is 15.9 Å². The summed E-state index contributed by atoms with van der Waals surface area (Å²) in [6.45, 7) is 3.46. The average molecular weight is 377 g/mol. The molecule has 0 bridgehead atoms. The van der Waals surface area contributed by atoms with Crippen molar-refractivity contribution in [3.8, 4) is 0 Å². The molecule has 5 rings (SSSR count). The minimum absolute atomic E-state index is 0.105. The number of aromatic nitrogens is 4. The molecule has 1 aliphatic heterocycles. The summed E-state index contributed by atoms with van der Waals surface area (Å²) in [5.41, 5.74) is 2.77. The maximum atomic E-state index is 13.1. The molecule has 27 heavy (non-hydrogen) atoms. The monoisotopic (exact) mass is 377 g/mol. The number of likely N-dealkylation sites (tertiary alicyclic amines) is 1. The molecule has 0 radical (unpaired) electrons. The second-order valence-electron chi connectivity index (χ2n) is 7.06. The molecule has 7 heteroatoms. The van der Waals surface area contributed by atoms with Crippen LogP contribution in [0.1, 0.15) is 40.5 Å². The first-order valence-electron chi connectivity index (χ1n) is 9.13. The van der Waals surface area contributed by atoms with E-state index in [1.54, 1.807) is 11.3 Å². The number of rotatable bonds is 2. The number of aryl methyl sites for hydroxylation is 1. The van der Waals surface area contributed by atoms with E-state index in [0.29, 0.717) is 12.3 Å². The van der Waals surface area contributed by atoms with Gasteiger partial charge >= 0.3 is 0 Å². The fraction of sp³-hybridized carbons (Fsp3) is 0.300. The van der Waals surface area contributed by atoms with Crippen LogP contribution in [0, 0.1) is 6.92 Å². The number of benzene rings is 1. The zero-order chi connectivity index (χ0) is 18.4. The summed E-state index contributed by atoms with van der Waals surface area (Å²) in [6.07, 6.45) is 3.55. The highest BCUT2D eigenvalue weighted by atomic mass is 32.1. The minimum Gasteiger partial charge on any atom is -0.338 e. The van der Waals surface area contributed by atoms with Crippen LogP contribution in [-0.2, 0) is 0 Å². The van der Waals surface area contributed by atoms with Crippen molar-refractivity contribution in [3.63, 3.8) is 0 Å². The Morgan fingerprint density at radius 1 is 1.26 bits per heavy atom. The van der Waals surface area contributed by atoms with Gasteiger partial charge in [0.1, 0.15) is 6.33 Å². The molecule has 1 amide bonds. The highest BCUT2D eigenvalue weighted by Crippen LogP contribution is 2.29. The molecule has 136 valence electrons. The van der Waals surface area contributed by atoms with Crippen molar-refractivity contribution in [1.29, 1.82) is 0 Å². The van der Waals surface area contributed by atoms with Gasteiger partial charge in [-0.15, -0.1) is 11.3 Å². The number of thiophene rings is 1. The second-order valence-corrected chi connectivity index (χ2v) is 8.01. The van der Waals surface area contributed by atoms with E-state index in [9.17, 15) is 4.79 Å². The molecular formula is C20H19N5OS. The maximum Gasteiger partial charge on any atom is 0.253 e. The standard InChI is InChI=1S/C20H19N5OS/c1-13-9-17(25-20(23-13)21-12-22-25)16-3-2-7-24(11-16)19(26)15-4-5-18-14(10-15)6-8-27-18/h4-6,8-10,12,16H,2-3,7,11H2,1H3. The van der Waals surface area contributed by atoms with Gasteiger partial charge in [0.2, 0.25) is 0 Å². The van der Waals surface area contributed by atoms with Crippen molar-refractivity contribution in [3.05, 3.63) is 59.0 Å². The third kappa shape index (κ3) is 2.88. The summed E-state index contributed by atoms with van der Waals surface area (Å²) in [6, 6.07) is 10.1. The Balaban J connectivity index is 1.44. The van der Waals surface area contributed by atoms with Gasteiger partial charge in [0.25, 0.3) is 11.7 Å². The van der Waals surface area contributed by atoms with E-state index in [-0.39, 0.29) is 11.8 Å². The number of nitrogens with zero attached hydrogens (tertiary/aromatic N) is 5. The van der Waals surface area contributed by atoms with Crippen LogP contribution in [0.15, 0.2) is 42.0 Å². The van der Waals surface area contributed by atoms with Crippen LogP contribution >= 0.6 is 11.3 Å². The van der Waals surface area contributed by atoms with Gasteiger partial charge in [-0.3, -0.25) is 4.79 Å². The Morgan fingerprint density at radius 3 is 3.11 bits per heavy atom. The van der Waals surface area contributed by atoms with Crippen LogP contribution in [0.2, 0.25) is 0 Å². The van der Waals surface area contributed by atoms with Crippen LogP contribution in [0.3, 0.4) is 0 Å². The third-order valence-electron chi connectivity index (χ3n) is 5.23. The molecule has 0 spiro atoms. The lowest BCUT2D eigenvalue weighted by atomic mass is 9.93. The Kier molecular flexibility index (Phi) is 3.89. The Morgan fingerprint density at radius 2 is 2.19 bits per heavy atom. The van der Waals surface area contributed by atoms with Gasteiger partial charge in [-0.2, -0.15) is 10.1 Å². The van der Waals surface area contributed by atoms with Gasteiger partial charge in [0.05, 0.1) is 5.69 Å². The predicted octanol–water partition coefficient (Wildman–Crippen LogP) is 3.67. The molecule has 1 saturated heterocycles. The summed E-state index contributed by atoms with van der Waals surface area (Å²) in [4.78, 5) is 23.7. The second kappa shape index (κ2) is 6.42. The van der Waals surface area contributed by atoms with Crippen molar-refractivity contribution in [2.75, 3.05) is 13.1 Å². The first kappa shape index (κ1) is 16.4. The van der Waals surface area contributed by atoms with Crippen molar-refractivity contribution in [2.24, 2.45) is 0 Å². The van der Waals surface area contributed by atoms with Crippen LogP contribution < -0.4 is 0 Å². The molecule has 1 fully saturated rings. The minimum atomic E-state index is 0.105. The molecule has 1 aromatic carbocycles. The Bertz CT molecular complexity index is 1150. The van der Waals surface area contributed by atoms with Gasteiger partial charge < -0.3 is 4.90 Å². The molecular weight excluding hydrogens is 358 g/mol. The highest BCUT2D eigenvalue weighted by Gasteiger charge is 2.27. The van der Waals surface area contributed by atoms with Crippen molar-refractivity contribution in [2.45, 2.75) is 25.7 Å². The van der Waals surface area contributed by atoms with E-state index in [1.165, 1.54) is 11.0 Å². The number of fused-ring (bicyclic) bond motifs is 2. The number of piperidine rings is 1. The van der Waals surface area contributed by atoms with Crippen LogP contribution in [-0.4, -0.2) is 43.5 Å². The molecule has 1 aliphatic rings. The van der Waals surface area contributed by atoms with E-state index in [2.05, 4.69) is 32.6 Å². The van der Waals surface area contributed by atoms with E-state index in [0.717, 1.165) is 41.7 Å². The van der Waals surface area contributed by atoms with Gasteiger partial charge in [-0.1, -0.05) is 0 Å². The molecule has 0 N–H and O–H groups in total. The molecule has 3 aromatic heterocycles. The zero-order valence-corrected chi connectivity index (χ0v) is 15.8. The largest absolute Gasteiger partial charge is 0.338 e. The van der Waals surface area contributed by atoms with Crippen LogP contribution in [0.4, 0.5) is 0 Å². The fourth-order valence-corrected chi connectivity index (χ4v) is 4.71. The van der Waals surface area contributed by atoms with Crippen molar-refractivity contribution in [1.82, 2.24) is 24.5 Å². The van der Waals surface area contributed by atoms with E-state index in [4.69, 9.17) is 0 Å².